The standard InChI is InChI=1S/C23H30F2N4O4/c24-23(25)6-5-20(30)28(15-23)14-18(26)12-21(31)29-13-17-4-2-1-3-16(17)11-19(29)22(32)27-7-9-33-10-8-27/h1-4,18-19H,5-15,26H2/t18-,19-/m0/s1. The first-order chi connectivity index (χ1) is 15.7. The lowest BCUT2D eigenvalue weighted by Crippen LogP contribution is -2.56. The number of likely N-dealkylation sites (tertiary alicyclic amines) is 1. The van der Waals surface area contributed by atoms with Crippen molar-refractivity contribution in [1.82, 2.24) is 14.7 Å². The van der Waals surface area contributed by atoms with E-state index in [-0.39, 0.29) is 43.7 Å². The van der Waals surface area contributed by atoms with Crippen molar-refractivity contribution in [2.45, 2.75) is 50.2 Å². The summed E-state index contributed by atoms with van der Waals surface area (Å²) in [7, 11) is 0. The molecule has 4 rings (SSSR count). The molecule has 2 saturated heterocycles. The van der Waals surface area contributed by atoms with E-state index >= 15 is 0 Å². The van der Waals surface area contributed by atoms with Crippen molar-refractivity contribution >= 4 is 17.7 Å². The fourth-order valence-electron chi connectivity index (χ4n) is 4.75. The molecule has 3 aliphatic heterocycles. The number of nitrogens with two attached hydrogens (primary N) is 1. The molecule has 8 nitrogen and oxygen atoms in total. The van der Waals surface area contributed by atoms with Gasteiger partial charge in [0.25, 0.3) is 5.92 Å². The molecule has 2 atom stereocenters. The van der Waals surface area contributed by atoms with Crippen LogP contribution in [0.3, 0.4) is 0 Å². The van der Waals surface area contributed by atoms with Gasteiger partial charge >= 0.3 is 0 Å². The number of fused-ring (bicyclic) bond motifs is 1. The predicted molar refractivity (Wildman–Crippen MR) is 115 cm³/mol. The van der Waals surface area contributed by atoms with Crippen LogP contribution in [0, 0.1) is 0 Å². The van der Waals surface area contributed by atoms with Gasteiger partial charge in [0.2, 0.25) is 17.7 Å². The summed E-state index contributed by atoms with van der Waals surface area (Å²) in [6.45, 7) is 1.36. The summed E-state index contributed by atoms with van der Waals surface area (Å²) < 4.78 is 32.8. The molecular weight excluding hydrogens is 434 g/mol. The molecule has 2 fully saturated rings. The fraction of sp³-hybridized carbons (Fsp3) is 0.609. The maximum Gasteiger partial charge on any atom is 0.265 e. The molecule has 3 aliphatic rings. The first-order valence-corrected chi connectivity index (χ1v) is 11.4. The average molecular weight is 465 g/mol. The average Bonchev–Trinajstić information content (AvgIpc) is 2.80. The van der Waals surface area contributed by atoms with Crippen molar-refractivity contribution in [3.8, 4) is 0 Å². The second kappa shape index (κ2) is 9.72. The van der Waals surface area contributed by atoms with E-state index in [0.29, 0.717) is 32.7 Å². The Morgan fingerprint density at radius 2 is 1.88 bits per heavy atom. The Labute approximate surface area is 191 Å². The molecule has 0 spiro atoms. The third-order valence-corrected chi connectivity index (χ3v) is 6.55. The minimum absolute atomic E-state index is 0.118. The maximum absolute atomic E-state index is 13.7. The molecular formula is C23H30F2N4O4. The molecule has 1 aromatic carbocycles. The summed E-state index contributed by atoms with van der Waals surface area (Å²) in [5.41, 5.74) is 8.12. The quantitative estimate of drug-likeness (QED) is 0.695. The highest BCUT2D eigenvalue weighted by Crippen LogP contribution is 2.28. The summed E-state index contributed by atoms with van der Waals surface area (Å²) in [5, 5.41) is 0. The Bertz CT molecular complexity index is 906. The van der Waals surface area contributed by atoms with E-state index in [2.05, 4.69) is 0 Å². The molecule has 0 unspecified atom stereocenters. The van der Waals surface area contributed by atoms with Gasteiger partial charge in [0.15, 0.2) is 0 Å². The Morgan fingerprint density at radius 1 is 1.18 bits per heavy atom. The van der Waals surface area contributed by atoms with Crippen LogP contribution in [0.5, 0.6) is 0 Å². The number of amides is 3. The van der Waals surface area contributed by atoms with Crippen LogP contribution in [0.15, 0.2) is 24.3 Å². The van der Waals surface area contributed by atoms with E-state index in [4.69, 9.17) is 10.5 Å². The molecule has 3 heterocycles. The van der Waals surface area contributed by atoms with Crippen LogP contribution < -0.4 is 5.73 Å². The highest BCUT2D eigenvalue weighted by molar-refractivity contribution is 5.89. The van der Waals surface area contributed by atoms with Crippen LogP contribution in [-0.2, 0) is 32.1 Å². The number of carbonyl (C=O) groups excluding carboxylic acids is 3. The van der Waals surface area contributed by atoms with Gasteiger partial charge in [0, 0.05) is 57.9 Å². The van der Waals surface area contributed by atoms with Crippen LogP contribution in [0.2, 0.25) is 0 Å². The monoisotopic (exact) mass is 464 g/mol. The SMILES string of the molecule is N[C@@H](CC(=O)N1Cc2ccccc2C[C@H]1C(=O)N1CCOCC1)CN1CC(F)(F)CCC1=O. The highest BCUT2D eigenvalue weighted by atomic mass is 19.3. The zero-order valence-electron chi connectivity index (χ0n) is 18.6. The van der Waals surface area contributed by atoms with Crippen molar-refractivity contribution < 1.29 is 27.9 Å². The summed E-state index contributed by atoms with van der Waals surface area (Å²) in [6.07, 6.45) is -0.420. The normalized spacial score (nSPS) is 23.8. The molecule has 3 amide bonds. The number of carbonyl (C=O) groups is 3. The molecule has 10 heteroatoms. The second-order valence-corrected chi connectivity index (χ2v) is 9.04. The van der Waals surface area contributed by atoms with Gasteiger partial charge in [-0.05, 0) is 11.1 Å². The number of halogens is 2. The number of benzene rings is 1. The lowest BCUT2D eigenvalue weighted by atomic mass is 9.92. The number of alkyl halides is 2. The van der Waals surface area contributed by atoms with E-state index < -0.39 is 31.0 Å². The predicted octanol–water partition coefficient (Wildman–Crippen LogP) is 0.774. The molecule has 0 saturated carbocycles. The summed E-state index contributed by atoms with van der Waals surface area (Å²) in [4.78, 5) is 42.9. The van der Waals surface area contributed by atoms with Gasteiger partial charge in [0.1, 0.15) is 6.04 Å². The molecule has 180 valence electrons. The maximum atomic E-state index is 13.7. The van der Waals surface area contributed by atoms with E-state index in [1.54, 1.807) is 9.80 Å². The van der Waals surface area contributed by atoms with Gasteiger partial charge in [-0.25, -0.2) is 8.78 Å². The van der Waals surface area contributed by atoms with Crippen LogP contribution in [0.1, 0.15) is 30.4 Å². The summed E-state index contributed by atoms with van der Waals surface area (Å²) in [6, 6.07) is 6.24. The van der Waals surface area contributed by atoms with Gasteiger partial charge in [-0.15, -0.1) is 0 Å². The zero-order chi connectivity index (χ0) is 23.6. The van der Waals surface area contributed by atoms with Crippen molar-refractivity contribution in [2.24, 2.45) is 5.73 Å². The first kappa shape index (κ1) is 23.6. The van der Waals surface area contributed by atoms with E-state index in [0.717, 1.165) is 16.0 Å². The number of rotatable bonds is 5. The van der Waals surface area contributed by atoms with Gasteiger partial charge in [-0.1, -0.05) is 24.3 Å². The molecule has 2 N–H and O–H groups in total. The third-order valence-electron chi connectivity index (χ3n) is 6.55. The van der Waals surface area contributed by atoms with Crippen molar-refractivity contribution in [3.63, 3.8) is 0 Å². The largest absolute Gasteiger partial charge is 0.378 e. The van der Waals surface area contributed by atoms with Crippen LogP contribution >= 0.6 is 0 Å². The Kier molecular flexibility index (Phi) is 6.94. The Morgan fingerprint density at radius 3 is 2.61 bits per heavy atom. The van der Waals surface area contributed by atoms with Gasteiger partial charge < -0.3 is 25.2 Å². The minimum atomic E-state index is -2.94. The van der Waals surface area contributed by atoms with Crippen molar-refractivity contribution in [2.75, 3.05) is 39.4 Å². The molecule has 1 aromatic rings. The second-order valence-electron chi connectivity index (χ2n) is 9.04. The van der Waals surface area contributed by atoms with E-state index in [1.165, 1.54) is 0 Å². The van der Waals surface area contributed by atoms with Crippen molar-refractivity contribution in [1.29, 1.82) is 0 Å². The third kappa shape index (κ3) is 5.50. The van der Waals surface area contributed by atoms with Gasteiger partial charge in [-0.3, -0.25) is 14.4 Å². The van der Waals surface area contributed by atoms with Gasteiger partial charge in [-0.2, -0.15) is 0 Å². The number of piperidine rings is 1. The summed E-state index contributed by atoms with van der Waals surface area (Å²) >= 11 is 0. The van der Waals surface area contributed by atoms with Crippen LogP contribution in [0.25, 0.3) is 0 Å². The molecule has 0 aliphatic carbocycles. The van der Waals surface area contributed by atoms with Crippen LogP contribution in [-0.4, -0.2) is 89.8 Å². The number of hydrogen-bond donors (Lipinski definition) is 1. The number of hydrogen-bond acceptors (Lipinski definition) is 5. The van der Waals surface area contributed by atoms with E-state index in [1.807, 2.05) is 24.3 Å². The Balaban J connectivity index is 1.46. The minimum Gasteiger partial charge on any atom is -0.378 e. The lowest BCUT2D eigenvalue weighted by molar-refractivity contribution is -0.150. The zero-order valence-corrected chi connectivity index (χ0v) is 18.6. The fourth-order valence-corrected chi connectivity index (χ4v) is 4.75. The lowest BCUT2D eigenvalue weighted by Gasteiger charge is -2.40. The summed E-state index contributed by atoms with van der Waals surface area (Å²) in [5.74, 6) is -3.76. The van der Waals surface area contributed by atoms with Crippen LogP contribution in [0.4, 0.5) is 8.78 Å². The first-order valence-electron chi connectivity index (χ1n) is 11.4. The molecule has 0 radical (unpaired) electrons. The topological polar surface area (TPSA) is 96.2 Å². The number of ether oxygens (including phenoxy) is 1. The molecule has 0 bridgehead atoms. The van der Waals surface area contributed by atoms with Gasteiger partial charge in [0.05, 0.1) is 19.8 Å². The Hall–Kier alpha value is -2.59. The smallest absolute Gasteiger partial charge is 0.265 e. The molecule has 33 heavy (non-hydrogen) atoms. The van der Waals surface area contributed by atoms with E-state index in [9.17, 15) is 23.2 Å². The number of morpholine rings is 1. The van der Waals surface area contributed by atoms with Crippen molar-refractivity contribution in [3.05, 3.63) is 35.4 Å². The highest BCUT2D eigenvalue weighted by Gasteiger charge is 2.40. The molecule has 0 aromatic heterocycles. The number of nitrogens with zero attached hydrogens (tertiary/aromatic N) is 3.